The smallest absolute Gasteiger partial charge is 0.0557 e. The molecule has 0 aromatic carbocycles. The third kappa shape index (κ3) is 4.95. The van der Waals surface area contributed by atoms with E-state index >= 15 is 0 Å². The molecule has 0 amide bonds. The molecule has 17 heavy (non-hydrogen) atoms. The van der Waals surface area contributed by atoms with Crippen molar-refractivity contribution in [2.45, 2.75) is 45.6 Å². The first-order valence-electron chi connectivity index (χ1n) is 6.90. The fourth-order valence-corrected chi connectivity index (χ4v) is 2.28. The van der Waals surface area contributed by atoms with Crippen LogP contribution in [0.15, 0.2) is 24.4 Å². The Morgan fingerprint density at radius 2 is 2.24 bits per heavy atom. The van der Waals surface area contributed by atoms with Crippen LogP contribution >= 0.6 is 0 Å². The topological polar surface area (TPSA) is 15.3 Å². The van der Waals surface area contributed by atoms with Crippen molar-refractivity contribution in [3.05, 3.63) is 24.4 Å². The molecule has 0 saturated heterocycles. The first-order chi connectivity index (χ1) is 8.09. The van der Waals surface area contributed by atoms with Crippen molar-refractivity contribution in [1.29, 1.82) is 0 Å². The molecule has 1 rings (SSSR count). The molecule has 1 aliphatic rings. The molecule has 0 aliphatic carbocycles. The predicted molar refractivity (Wildman–Crippen MR) is 76.0 cm³/mol. The second-order valence-corrected chi connectivity index (χ2v) is 5.46. The lowest BCUT2D eigenvalue weighted by Gasteiger charge is -2.24. The molecule has 0 bridgehead atoms. The molecule has 0 saturated carbocycles. The Hall–Kier alpha value is -0.760. The van der Waals surface area contributed by atoms with E-state index in [-0.39, 0.29) is 5.54 Å². The highest BCUT2D eigenvalue weighted by molar-refractivity contribution is 5.15. The van der Waals surface area contributed by atoms with Gasteiger partial charge >= 0.3 is 0 Å². The van der Waals surface area contributed by atoms with E-state index in [0.29, 0.717) is 5.92 Å². The Balaban J connectivity index is 2.43. The quantitative estimate of drug-likeness (QED) is 0.683. The molecule has 1 aliphatic heterocycles. The van der Waals surface area contributed by atoms with Crippen LogP contribution < -0.4 is 5.32 Å². The Morgan fingerprint density at radius 1 is 1.47 bits per heavy atom. The average Bonchev–Trinajstić information content (AvgIpc) is 2.72. The summed E-state index contributed by atoms with van der Waals surface area (Å²) in [6.07, 6.45) is 12.6. The van der Waals surface area contributed by atoms with Gasteiger partial charge < -0.3 is 10.2 Å². The predicted octanol–water partition coefficient (Wildman–Crippen LogP) is 3.18. The van der Waals surface area contributed by atoms with Crippen LogP contribution in [-0.2, 0) is 0 Å². The highest BCUT2D eigenvalue weighted by Gasteiger charge is 2.21. The van der Waals surface area contributed by atoms with Gasteiger partial charge in [-0.1, -0.05) is 32.1 Å². The standard InChI is InChI=1S/C15H28N2/c1-5-12-17(4)13-14(6-2)8-10-15(3)9-7-11-16-15/h7-8,10-11,14,16H,5-6,9,12-13H2,1-4H3. The summed E-state index contributed by atoms with van der Waals surface area (Å²) in [6, 6.07) is 0. The van der Waals surface area contributed by atoms with Gasteiger partial charge in [-0.2, -0.15) is 0 Å². The van der Waals surface area contributed by atoms with Gasteiger partial charge in [0.05, 0.1) is 5.54 Å². The van der Waals surface area contributed by atoms with E-state index < -0.39 is 0 Å². The molecule has 0 radical (unpaired) electrons. The SMILES string of the molecule is CCCN(C)CC(C=CC1(C)CC=CN1)CC. The third-order valence-corrected chi connectivity index (χ3v) is 3.48. The maximum absolute atomic E-state index is 3.41. The maximum atomic E-state index is 3.41. The molecular weight excluding hydrogens is 208 g/mol. The van der Waals surface area contributed by atoms with Crippen LogP contribution in [0.4, 0.5) is 0 Å². The molecule has 0 spiro atoms. The van der Waals surface area contributed by atoms with E-state index in [4.69, 9.17) is 0 Å². The minimum Gasteiger partial charge on any atom is -0.382 e. The summed E-state index contributed by atoms with van der Waals surface area (Å²) in [7, 11) is 2.22. The van der Waals surface area contributed by atoms with Crippen LogP contribution in [-0.4, -0.2) is 30.6 Å². The van der Waals surface area contributed by atoms with Crippen molar-refractivity contribution >= 4 is 0 Å². The maximum Gasteiger partial charge on any atom is 0.0557 e. The zero-order valence-corrected chi connectivity index (χ0v) is 11.9. The molecule has 2 heteroatoms. The van der Waals surface area contributed by atoms with Crippen LogP contribution in [0.2, 0.25) is 0 Å². The summed E-state index contributed by atoms with van der Waals surface area (Å²) >= 11 is 0. The lowest BCUT2D eigenvalue weighted by atomic mass is 9.96. The molecule has 2 unspecified atom stereocenters. The molecule has 0 aromatic rings. The van der Waals surface area contributed by atoms with E-state index in [1.165, 1.54) is 25.9 Å². The third-order valence-electron chi connectivity index (χ3n) is 3.48. The van der Waals surface area contributed by atoms with Crippen LogP contribution in [0.5, 0.6) is 0 Å². The summed E-state index contributed by atoms with van der Waals surface area (Å²) in [4.78, 5) is 2.43. The lowest BCUT2D eigenvalue weighted by molar-refractivity contribution is 0.296. The van der Waals surface area contributed by atoms with E-state index in [9.17, 15) is 0 Å². The number of nitrogens with one attached hydrogen (secondary N) is 1. The lowest BCUT2D eigenvalue weighted by Crippen LogP contribution is -2.33. The van der Waals surface area contributed by atoms with Gasteiger partial charge in [-0.25, -0.2) is 0 Å². The number of hydrogen-bond acceptors (Lipinski definition) is 2. The Morgan fingerprint density at radius 3 is 2.76 bits per heavy atom. The molecule has 1 heterocycles. The second kappa shape index (κ2) is 6.85. The van der Waals surface area contributed by atoms with Crippen molar-refractivity contribution in [1.82, 2.24) is 10.2 Å². The van der Waals surface area contributed by atoms with Gasteiger partial charge in [0.15, 0.2) is 0 Å². The molecule has 2 nitrogen and oxygen atoms in total. The van der Waals surface area contributed by atoms with Crippen molar-refractivity contribution in [2.75, 3.05) is 20.1 Å². The summed E-state index contributed by atoms with van der Waals surface area (Å²) in [5, 5.41) is 3.41. The van der Waals surface area contributed by atoms with Crippen LogP contribution in [0.25, 0.3) is 0 Å². The van der Waals surface area contributed by atoms with E-state index in [2.05, 4.69) is 62.5 Å². The van der Waals surface area contributed by atoms with E-state index in [0.717, 1.165) is 6.42 Å². The highest BCUT2D eigenvalue weighted by Crippen LogP contribution is 2.19. The van der Waals surface area contributed by atoms with Crippen molar-refractivity contribution in [3.63, 3.8) is 0 Å². The molecule has 0 fully saturated rings. The van der Waals surface area contributed by atoms with Crippen LogP contribution in [0, 0.1) is 5.92 Å². The minimum absolute atomic E-state index is 0.150. The Kier molecular flexibility index (Phi) is 5.76. The summed E-state index contributed by atoms with van der Waals surface area (Å²) in [6.45, 7) is 9.14. The first-order valence-corrected chi connectivity index (χ1v) is 6.90. The van der Waals surface area contributed by atoms with Crippen molar-refractivity contribution in [2.24, 2.45) is 5.92 Å². The molecular formula is C15H28N2. The zero-order chi connectivity index (χ0) is 12.7. The summed E-state index contributed by atoms with van der Waals surface area (Å²) < 4.78 is 0. The van der Waals surface area contributed by atoms with Gasteiger partial charge in [0, 0.05) is 6.54 Å². The van der Waals surface area contributed by atoms with Crippen LogP contribution in [0.3, 0.4) is 0 Å². The minimum atomic E-state index is 0.150. The van der Waals surface area contributed by atoms with Gasteiger partial charge in [0.2, 0.25) is 0 Å². The fraction of sp³-hybridized carbons (Fsp3) is 0.733. The van der Waals surface area contributed by atoms with Crippen LogP contribution in [0.1, 0.15) is 40.0 Å². The molecule has 0 aromatic heterocycles. The molecule has 1 N–H and O–H groups in total. The highest BCUT2D eigenvalue weighted by atomic mass is 15.1. The monoisotopic (exact) mass is 236 g/mol. The largest absolute Gasteiger partial charge is 0.382 e. The second-order valence-electron chi connectivity index (χ2n) is 5.46. The van der Waals surface area contributed by atoms with Gasteiger partial charge in [-0.15, -0.1) is 0 Å². The fourth-order valence-electron chi connectivity index (χ4n) is 2.28. The normalized spacial score (nSPS) is 25.7. The van der Waals surface area contributed by atoms with E-state index in [1.54, 1.807) is 0 Å². The summed E-state index contributed by atoms with van der Waals surface area (Å²) in [5.41, 5.74) is 0.150. The molecule has 2 atom stereocenters. The number of hydrogen-bond donors (Lipinski definition) is 1. The Bertz CT molecular complexity index is 260. The van der Waals surface area contributed by atoms with Gasteiger partial charge in [0.25, 0.3) is 0 Å². The van der Waals surface area contributed by atoms with Gasteiger partial charge in [0.1, 0.15) is 0 Å². The zero-order valence-electron chi connectivity index (χ0n) is 11.9. The van der Waals surface area contributed by atoms with Gasteiger partial charge in [-0.05, 0) is 51.9 Å². The Labute approximate surface area is 107 Å². The van der Waals surface area contributed by atoms with Crippen molar-refractivity contribution < 1.29 is 0 Å². The van der Waals surface area contributed by atoms with Gasteiger partial charge in [-0.3, -0.25) is 0 Å². The van der Waals surface area contributed by atoms with E-state index in [1.807, 2.05) is 0 Å². The first kappa shape index (κ1) is 14.3. The summed E-state index contributed by atoms with van der Waals surface area (Å²) in [5.74, 6) is 0.672. The molecule has 98 valence electrons. The van der Waals surface area contributed by atoms with Crippen molar-refractivity contribution in [3.8, 4) is 0 Å². The number of rotatable bonds is 7. The number of nitrogens with zero attached hydrogens (tertiary/aromatic N) is 1. The average molecular weight is 236 g/mol.